The lowest BCUT2D eigenvalue weighted by molar-refractivity contribution is 0.196. The lowest BCUT2D eigenvalue weighted by Gasteiger charge is -1.92. The summed E-state index contributed by atoms with van der Waals surface area (Å²) in [6.45, 7) is 0. The van der Waals surface area contributed by atoms with Crippen LogP contribution in [0.5, 0.6) is 0 Å². The first kappa shape index (κ1) is 8.68. The molecule has 1 atom stereocenters. The van der Waals surface area contributed by atoms with E-state index in [0.29, 0.717) is 0 Å². The zero-order chi connectivity index (χ0) is 7.11. The molecule has 9 heavy (non-hydrogen) atoms. The Kier molecular flexibility index (Phi) is 5.60. The maximum Gasteiger partial charge on any atom is 0.428 e. The van der Waals surface area contributed by atoms with Crippen molar-refractivity contribution in [2.75, 3.05) is 5.88 Å². The first-order valence-corrected chi connectivity index (χ1v) is 3.87. The van der Waals surface area contributed by atoms with Gasteiger partial charge in [-0.1, -0.05) is 9.06 Å². The van der Waals surface area contributed by atoms with Crippen LogP contribution in [0, 0.1) is 0 Å². The molecule has 0 saturated heterocycles. The summed E-state index contributed by atoms with van der Waals surface area (Å²) in [5, 5.41) is 10.0. The Morgan fingerprint density at radius 2 is 2.44 bits per heavy atom. The first-order chi connectivity index (χ1) is 4.27. The van der Waals surface area contributed by atoms with Gasteiger partial charge in [0.1, 0.15) is 0 Å². The van der Waals surface area contributed by atoms with Gasteiger partial charge in [-0.3, -0.25) is 0 Å². The highest BCUT2D eigenvalue weighted by atomic mass is 32.2. The van der Waals surface area contributed by atoms with Crippen LogP contribution in [0.3, 0.4) is 0 Å². The van der Waals surface area contributed by atoms with E-state index in [-0.39, 0.29) is 5.88 Å². The number of amides is 1. The maximum absolute atomic E-state index is 9.73. The Hall–Kier alpha value is -0.320. The van der Waals surface area contributed by atoms with Gasteiger partial charge in [0.05, 0.1) is 5.88 Å². The fourth-order valence-corrected chi connectivity index (χ4v) is 0.883. The molecule has 1 amide bonds. The summed E-state index contributed by atoms with van der Waals surface area (Å²) < 4.78 is 12.1. The minimum atomic E-state index is -1.08. The molecule has 0 fully saturated rings. The number of hydrogen-bond acceptors (Lipinski definition) is 3. The molecule has 1 unspecified atom stereocenters. The van der Waals surface area contributed by atoms with Crippen LogP contribution in [-0.2, 0) is 4.57 Å². The van der Waals surface area contributed by atoms with Crippen molar-refractivity contribution in [1.29, 1.82) is 0 Å². The van der Waals surface area contributed by atoms with Gasteiger partial charge in [0.25, 0.3) is 0 Å². The highest BCUT2D eigenvalue weighted by molar-refractivity contribution is 8.00. The van der Waals surface area contributed by atoms with Crippen molar-refractivity contribution < 1.29 is 14.5 Å². The summed E-state index contributed by atoms with van der Waals surface area (Å²) in [4.78, 5) is 9.73. The van der Waals surface area contributed by atoms with Crippen LogP contribution < -0.4 is 9.81 Å². The standard InChI is InChI=1S/C2H5N2O3PS/c5-2(6)3-1-9-4-8-7/h3H,1H2,(H,4,7)(H,5,6)/p+1. The molecule has 0 aliphatic rings. The SMILES string of the molecule is O=[PH+]NSCNC(=O)O. The zero-order valence-corrected chi connectivity index (χ0v) is 6.20. The molecule has 5 nitrogen and oxygen atoms in total. The maximum atomic E-state index is 9.73. The van der Waals surface area contributed by atoms with Crippen molar-refractivity contribution in [2.45, 2.75) is 0 Å². The van der Waals surface area contributed by atoms with E-state index in [1.54, 1.807) is 0 Å². The van der Waals surface area contributed by atoms with Crippen LogP contribution in [0.25, 0.3) is 0 Å². The predicted octanol–water partition coefficient (Wildman–Crippen LogP) is 0.388. The van der Waals surface area contributed by atoms with E-state index < -0.39 is 14.7 Å². The Balaban J connectivity index is 2.91. The molecule has 0 aliphatic carbocycles. The molecule has 0 aromatic rings. The third-order valence-electron chi connectivity index (χ3n) is 0.409. The molecule has 0 saturated carbocycles. The van der Waals surface area contributed by atoms with Gasteiger partial charge in [-0.15, -0.1) is 0 Å². The van der Waals surface area contributed by atoms with Gasteiger partial charge in [-0.25, -0.2) is 4.79 Å². The minimum absolute atomic E-state index is 0.199. The van der Waals surface area contributed by atoms with Gasteiger partial charge >= 0.3 is 14.7 Å². The van der Waals surface area contributed by atoms with Crippen molar-refractivity contribution in [3.8, 4) is 0 Å². The zero-order valence-electron chi connectivity index (χ0n) is 4.38. The molecule has 0 heterocycles. The smallest absolute Gasteiger partial charge is 0.428 e. The summed E-state index contributed by atoms with van der Waals surface area (Å²) in [6.07, 6.45) is -1.08. The Bertz CT molecular complexity index is 110. The second-order valence-corrected chi connectivity index (χ2v) is 2.57. The summed E-state index contributed by atoms with van der Waals surface area (Å²) in [7, 11) is -0.609. The molecule has 0 aliphatic heterocycles. The van der Waals surface area contributed by atoms with Gasteiger partial charge in [0.15, 0.2) is 0 Å². The fraction of sp³-hybridized carbons (Fsp3) is 0.500. The second-order valence-electron chi connectivity index (χ2n) is 0.975. The van der Waals surface area contributed by atoms with E-state index in [1.807, 2.05) is 0 Å². The van der Waals surface area contributed by atoms with E-state index in [2.05, 4.69) is 9.81 Å². The van der Waals surface area contributed by atoms with E-state index in [9.17, 15) is 9.36 Å². The van der Waals surface area contributed by atoms with Crippen molar-refractivity contribution in [3.05, 3.63) is 0 Å². The number of carbonyl (C=O) groups is 1. The molecule has 52 valence electrons. The fourth-order valence-electron chi connectivity index (χ4n) is 0.163. The van der Waals surface area contributed by atoms with E-state index in [1.165, 1.54) is 0 Å². The minimum Gasteiger partial charge on any atom is -0.465 e. The largest absolute Gasteiger partial charge is 0.465 e. The topological polar surface area (TPSA) is 78.4 Å². The summed E-state index contributed by atoms with van der Waals surface area (Å²) >= 11 is 1.04. The number of carboxylic acid groups (broad SMARTS) is 1. The third kappa shape index (κ3) is 7.68. The Morgan fingerprint density at radius 1 is 1.78 bits per heavy atom. The highest BCUT2D eigenvalue weighted by Crippen LogP contribution is 1.95. The number of nitrogens with one attached hydrogen (secondary N) is 2. The van der Waals surface area contributed by atoms with Crippen molar-refractivity contribution in [2.24, 2.45) is 0 Å². The van der Waals surface area contributed by atoms with Crippen LogP contribution in [0.1, 0.15) is 0 Å². The number of hydrogen-bond donors (Lipinski definition) is 3. The Morgan fingerprint density at radius 3 is 2.89 bits per heavy atom. The molecule has 0 rings (SSSR count). The second kappa shape index (κ2) is 5.81. The molecule has 0 bridgehead atoms. The lowest BCUT2D eigenvalue weighted by atomic mass is 11.1. The van der Waals surface area contributed by atoms with E-state index in [0.717, 1.165) is 11.9 Å². The predicted molar refractivity (Wildman–Crippen MR) is 35.8 cm³/mol. The van der Waals surface area contributed by atoms with Crippen LogP contribution in [-0.4, -0.2) is 17.1 Å². The van der Waals surface area contributed by atoms with Crippen molar-refractivity contribution >= 4 is 26.7 Å². The third-order valence-corrected chi connectivity index (χ3v) is 1.61. The van der Waals surface area contributed by atoms with Crippen molar-refractivity contribution in [1.82, 2.24) is 9.81 Å². The average Bonchev–Trinajstić information content (AvgIpc) is 1.80. The lowest BCUT2D eigenvalue weighted by Crippen LogP contribution is -2.20. The summed E-state index contributed by atoms with van der Waals surface area (Å²) in [5.41, 5.74) is 0. The summed E-state index contributed by atoms with van der Waals surface area (Å²) in [5.74, 6) is 0.199. The number of rotatable bonds is 4. The Labute approximate surface area is 57.6 Å². The molecule has 7 heteroatoms. The molecule has 0 aromatic heterocycles. The monoisotopic (exact) mass is 169 g/mol. The van der Waals surface area contributed by atoms with E-state index >= 15 is 0 Å². The molecule has 0 spiro atoms. The van der Waals surface area contributed by atoms with Crippen LogP contribution >= 0.6 is 20.6 Å². The van der Waals surface area contributed by atoms with Gasteiger partial charge < -0.3 is 10.4 Å². The molecule has 0 aromatic carbocycles. The molecular weight excluding hydrogens is 163 g/mol. The van der Waals surface area contributed by atoms with Crippen LogP contribution in [0.2, 0.25) is 0 Å². The summed E-state index contributed by atoms with van der Waals surface area (Å²) in [6, 6.07) is 0. The molecule has 0 radical (unpaired) electrons. The average molecular weight is 169 g/mol. The molecular formula is C2H6N2O3PS+. The first-order valence-electron chi connectivity index (χ1n) is 1.98. The van der Waals surface area contributed by atoms with Gasteiger partial charge in [-0.2, -0.15) is 0 Å². The molecule has 3 N–H and O–H groups in total. The highest BCUT2D eigenvalue weighted by Gasteiger charge is 1.93. The van der Waals surface area contributed by atoms with Crippen LogP contribution in [0.15, 0.2) is 0 Å². The quantitative estimate of drug-likeness (QED) is 0.245. The van der Waals surface area contributed by atoms with Gasteiger partial charge in [0.2, 0.25) is 0 Å². The van der Waals surface area contributed by atoms with Crippen LogP contribution in [0.4, 0.5) is 4.79 Å². The normalized spacial score (nSPS) is 9.33. The van der Waals surface area contributed by atoms with Crippen molar-refractivity contribution in [3.63, 3.8) is 0 Å². The van der Waals surface area contributed by atoms with Gasteiger partial charge in [0, 0.05) is 0 Å². The van der Waals surface area contributed by atoms with Gasteiger partial charge in [-0.05, 0) is 11.9 Å². The van der Waals surface area contributed by atoms with E-state index in [4.69, 9.17) is 5.11 Å².